The second-order valence-corrected chi connectivity index (χ2v) is 31.1. The summed E-state index contributed by atoms with van der Waals surface area (Å²) in [5.41, 5.74) is 0. The number of phosphoric ester groups is 2. The van der Waals surface area contributed by atoms with Crippen molar-refractivity contribution in [3.8, 4) is 0 Å². The molecule has 0 aliphatic rings. The number of carbonyl (C=O) groups excluding carboxylic acids is 4. The van der Waals surface area contributed by atoms with E-state index < -0.39 is 97.5 Å². The van der Waals surface area contributed by atoms with E-state index in [1.54, 1.807) is 0 Å². The van der Waals surface area contributed by atoms with Crippen LogP contribution in [0.25, 0.3) is 0 Å². The second kappa shape index (κ2) is 62.6. The van der Waals surface area contributed by atoms with Gasteiger partial charge in [0.05, 0.1) is 26.4 Å². The van der Waals surface area contributed by atoms with E-state index in [1.807, 2.05) is 0 Å². The molecule has 0 bridgehead atoms. The molecule has 3 N–H and O–H groups in total. The summed E-state index contributed by atoms with van der Waals surface area (Å²) < 4.78 is 68.4. The van der Waals surface area contributed by atoms with Crippen LogP contribution in [0.5, 0.6) is 0 Å². The molecule has 0 aliphatic heterocycles. The van der Waals surface area contributed by atoms with Crippen molar-refractivity contribution in [2.45, 2.75) is 382 Å². The molecule has 0 aromatic carbocycles. The zero-order chi connectivity index (χ0) is 68.2. The standard InChI is InChI=1S/C73H142O17P2/c1-63(2)49-41-33-25-18-13-11-9-10-12-14-22-30-39-47-55-72(77)89-68(59-83-70(75)53-45-37-29-21-16-15-19-26-34-42-50-64(3)4)61-87-91(79,80)85-57-67(74)58-86-92(81,82)88-62-69(60-84-71(76)54-46-38-32-24-28-36-44-52-66(7)8)90-73(78)56-48-40-31-23-17-20-27-35-43-51-65(5)6/h63-69,74H,9-62H2,1-8H3,(H,79,80)(H,81,82)/t67?,68-,69-/m1/s1. The zero-order valence-electron chi connectivity index (χ0n) is 60.2. The molecule has 0 radical (unpaired) electrons. The molecule has 0 aromatic heterocycles. The van der Waals surface area contributed by atoms with Gasteiger partial charge in [-0.15, -0.1) is 0 Å². The molecule has 92 heavy (non-hydrogen) atoms. The lowest BCUT2D eigenvalue weighted by molar-refractivity contribution is -0.161. The van der Waals surface area contributed by atoms with E-state index in [0.29, 0.717) is 31.6 Å². The fourth-order valence-electron chi connectivity index (χ4n) is 11.0. The number of ether oxygens (including phenoxy) is 4. The number of esters is 4. The molecule has 546 valence electrons. The van der Waals surface area contributed by atoms with Gasteiger partial charge in [-0.2, -0.15) is 0 Å². The van der Waals surface area contributed by atoms with E-state index in [0.717, 1.165) is 114 Å². The van der Waals surface area contributed by atoms with E-state index in [4.69, 9.17) is 37.0 Å². The third-order valence-corrected chi connectivity index (χ3v) is 18.7. The average Bonchev–Trinajstić information content (AvgIpc) is 1.60. The van der Waals surface area contributed by atoms with Gasteiger partial charge < -0.3 is 33.8 Å². The van der Waals surface area contributed by atoms with Crippen LogP contribution in [0.2, 0.25) is 0 Å². The molecular formula is C73H142O17P2. The normalized spacial score (nSPS) is 14.2. The quantitative estimate of drug-likeness (QED) is 0.0222. The fourth-order valence-corrected chi connectivity index (χ4v) is 12.6. The summed E-state index contributed by atoms with van der Waals surface area (Å²) in [6.45, 7) is 14.1. The molecule has 0 saturated carbocycles. The molecule has 19 heteroatoms. The maximum atomic E-state index is 13.1. The Balaban J connectivity index is 5.25. The first-order valence-electron chi connectivity index (χ1n) is 37.7. The number of aliphatic hydroxyl groups is 1. The Hall–Kier alpha value is -1.94. The van der Waals surface area contributed by atoms with Crippen LogP contribution in [-0.4, -0.2) is 96.7 Å². The van der Waals surface area contributed by atoms with Crippen molar-refractivity contribution in [3.05, 3.63) is 0 Å². The maximum absolute atomic E-state index is 13.1. The molecule has 0 rings (SSSR count). The second-order valence-electron chi connectivity index (χ2n) is 28.2. The number of aliphatic hydroxyl groups excluding tert-OH is 1. The SMILES string of the molecule is CC(C)CCCCCCCCCCCCCCCCC(=O)O[C@H](COC(=O)CCCCCCCCCCCCC(C)C)COP(=O)(O)OCC(O)COP(=O)(O)OC[C@@H](COC(=O)CCCCCCCCCC(C)C)OC(=O)CCCCCCCCCCCC(C)C. The number of hydrogen-bond acceptors (Lipinski definition) is 15. The molecule has 17 nitrogen and oxygen atoms in total. The van der Waals surface area contributed by atoms with Gasteiger partial charge in [0, 0.05) is 25.7 Å². The van der Waals surface area contributed by atoms with Crippen molar-refractivity contribution < 1.29 is 80.2 Å². The molecule has 0 heterocycles. The Morgan fingerprint density at radius 3 is 0.674 bits per heavy atom. The van der Waals surface area contributed by atoms with E-state index >= 15 is 0 Å². The minimum atomic E-state index is -4.96. The summed E-state index contributed by atoms with van der Waals surface area (Å²) >= 11 is 0. The molecule has 0 spiro atoms. The Bertz CT molecular complexity index is 1820. The van der Waals surface area contributed by atoms with Gasteiger partial charge in [0.2, 0.25) is 0 Å². The lowest BCUT2D eigenvalue weighted by Gasteiger charge is -2.21. The van der Waals surface area contributed by atoms with Crippen molar-refractivity contribution in [1.82, 2.24) is 0 Å². The van der Waals surface area contributed by atoms with Crippen molar-refractivity contribution in [1.29, 1.82) is 0 Å². The molecule has 5 atom stereocenters. The third kappa shape index (κ3) is 66.7. The average molecular weight is 1350 g/mol. The van der Waals surface area contributed by atoms with E-state index in [2.05, 4.69) is 55.4 Å². The minimum Gasteiger partial charge on any atom is -0.462 e. The Morgan fingerprint density at radius 2 is 0.457 bits per heavy atom. The number of hydrogen-bond donors (Lipinski definition) is 3. The van der Waals surface area contributed by atoms with Crippen LogP contribution in [0.1, 0.15) is 364 Å². The van der Waals surface area contributed by atoms with Crippen molar-refractivity contribution in [2.24, 2.45) is 23.7 Å². The van der Waals surface area contributed by atoms with Gasteiger partial charge >= 0.3 is 39.5 Å². The summed E-state index contributed by atoms with van der Waals surface area (Å²) in [4.78, 5) is 72.7. The van der Waals surface area contributed by atoms with E-state index in [9.17, 15) is 43.2 Å². The highest BCUT2D eigenvalue weighted by molar-refractivity contribution is 7.47. The summed E-state index contributed by atoms with van der Waals surface area (Å²) in [6, 6.07) is 0. The van der Waals surface area contributed by atoms with Crippen molar-refractivity contribution >= 4 is 39.5 Å². The van der Waals surface area contributed by atoms with Crippen molar-refractivity contribution in [2.75, 3.05) is 39.6 Å². The van der Waals surface area contributed by atoms with Gasteiger partial charge in [-0.05, 0) is 49.4 Å². The first-order valence-corrected chi connectivity index (χ1v) is 40.7. The maximum Gasteiger partial charge on any atom is 0.472 e. The topological polar surface area (TPSA) is 237 Å². The van der Waals surface area contributed by atoms with Gasteiger partial charge in [0.15, 0.2) is 12.2 Å². The van der Waals surface area contributed by atoms with Crippen LogP contribution in [0, 0.1) is 23.7 Å². The smallest absolute Gasteiger partial charge is 0.462 e. The lowest BCUT2D eigenvalue weighted by atomic mass is 10.0. The van der Waals surface area contributed by atoms with Crippen LogP contribution in [0.4, 0.5) is 0 Å². The minimum absolute atomic E-state index is 0.104. The molecule has 0 aliphatic carbocycles. The van der Waals surface area contributed by atoms with E-state index in [-0.39, 0.29) is 25.7 Å². The highest BCUT2D eigenvalue weighted by Gasteiger charge is 2.30. The van der Waals surface area contributed by atoms with Crippen LogP contribution < -0.4 is 0 Å². The summed E-state index contributed by atoms with van der Waals surface area (Å²) in [7, 11) is -9.91. The fraction of sp³-hybridized carbons (Fsp3) is 0.945. The molecule has 0 aromatic rings. The zero-order valence-corrected chi connectivity index (χ0v) is 62.0. The predicted octanol–water partition coefficient (Wildman–Crippen LogP) is 20.9. The summed E-state index contributed by atoms with van der Waals surface area (Å²) in [5, 5.41) is 10.6. The Kier molecular flexibility index (Phi) is 61.3. The number of phosphoric acid groups is 2. The van der Waals surface area contributed by atoms with Crippen LogP contribution in [-0.2, 0) is 65.4 Å². The highest BCUT2D eigenvalue weighted by atomic mass is 31.2. The third-order valence-electron chi connectivity index (χ3n) is 16.8. The highest BCUT2D eigenvalue weighted by Crippen LogP contribution is 2.45. The lowest BCUT2D eigenvalue weighted by Crippen LogP contribution is -2.30. The van der Waals surface area contributed by atoms with Crippen LogP contribution in [0.3, 0.4) is 0 Å². The molecule has 0 saturated heterocycles. The summed E-state index contributed by atoms with van der Waals surface area (Å²) in [5.74, 6) is 0.869. The molecular weight excluding hydrogens is 1210 g/mol. The molecule has 3 unspecified atom stereocenters. The van der Waals surface area contributed by atoms with Gasteiger partial charge in [0.1, 0.15) is 19.3 Å². The van der Waals surface area contributed by atoms with Crippen molar-refractivity contribution in [3.63, 3.8) is 0 Å². The number of carbonyl (C=O) groups is 4. The van der Waals surface area contributed by atoms with E-state index in [1.165, 1.54) is 161 Å². The van der Waals surface area contributed by atoms with Gasteiger partial charge in [-0.1, -0.05) is 312 Å². The first kappa shape index (κ1) is 90.1. The Morgan fingerprint density at radius 1 is 0.272 bits per heavy atom. The van der Waals surface area contributed by atoms with Crippen LogP contribution >= 0.6 is 15.6 Å². The number of unbranched alkanes of at least 4 members (excludes halogenated alkanes) is 36. The first-order chi connectivity index (χ1) is 44.1. The molecule has 0 fully saturated rings. The van der Waals surface area contributed by atoms with Crippen LogP contribution in [0.15, 0.2) is 0 Å². The largest absolute Gasteiger partial charge is 0.472 e. The molecule has 0 amide bonds. The predicted molar refractivity (Wildman–Crippen MR) is 372 cm³/mol. The monoisotopic (exact) mass is 1350 g/mol. The van der Waals surface area contributed by atoms with Gasteiger partial charge in [-0.3, -0.25) is 37.3 Å². The van der Waals surface area contributed by atoms with Gasteiger partial charge in [-0.25, -0.2) is 9.13 Å². The number of rotatable bonds is 70. The van der Waals surface area contributed by atoms with Gasteiger partial charge in [0.25, 0.3) is 0 Å². The summed E-state index contributed by atoms with van der Waals surface area (Å²) in [6.07, 6.45) is 45.9. The Labute approximate surface area is 562 Å².